The van der Waals surface area contributed by atoms with E-state index in [1.165, 1.54) is 49.9 Å². The van der Waals surface area contributed by atoms with E-state index in [0.29, 0.717) is 12.3 Å². The molecule has 4 rings (SSSR count). The lowest BCUT2D eigenvalue weighted by molar-refractivity contribution is -0.134. The highest BCUT2D eigenvalue weighted by molar-refractivity contribution is 5.76. The van der Waals surface area contributed by atoms with E-state index in [1.54, 1.807) is 0 Å². The van der Waals surface area contributed by atoms with Gasteiger partial charge in [-0.05, 0) is 62.4 Å². The van der Waals surface area contributed by atoms with Crippen molar-refractivity contribution in [1.29, 1.82) is 0 Å². The van der Waals surface area contributed by atoms with Gasteiger partial charge in [-0.3, -0.25) is 9.69 Å². The standard InChI is InChI=1S/C22H33N3O/c1-2-21(26)24-16-20-8-4-3-7-19(20)13-22(17-24)10-5-6-12-25(22)15-18-9-11-23-14-18/h3-4,7-8,18,23H,2,5-6,9-17H2,1H3. The number of nitrogens with zero attached hydrogens (tertiary/aromatic N) is 2. The topological polar surface area (TPSA) is 35.6 Å². The molecule has 1 spiro atoms. The average Bonchev–Trinajstić information content (AvgIpc) is 3.11. The largest absolute Gasteiger partial charge is 0.337 e. The molecule has 2 fully saturated rings. The van der Waals surface area contributed by atoms with Crippen LogP contribution in [-0.2, 0) is 17.8 Å². The van der Waals surface area contributed by atoms with E-state index in [2.05, 4.69) is 39.4 Å². The van der Waals surface area contributed by atoms with E-state index in [-0.39, 0.29) is 5.54 Å². The number of likely N-dealkylation sites (tertiary alicyclic amines) is 1. The predicted molar refractivity (Wildman–Crippen MR) is 105 cm³/mol. The first-order valence-corrected chi connectivity index (χ1v) is 10.5. The van der Waals surface area contributed by atoms with Crippen LogP contribution in [0.5, 0.6) is 0 Å². The molecule has 1 amide bonds. The molecule has 2 atom stereocenters. The van der Waals surface area contributed by atoms with Gasteiger partial charge < -0.3 is 10.2 Å². The van der Waals surface area contributed by atoms with Crippen molar-refractivity contribution in [1.82, 2.24) is 15.1 Å². The molecular formula is C22H33N3O. The Balaban J connectivity index is 1.66. The maximum Gasteiger partial charge on any atom is 0.222 e. The molecule has 4 nitrogen and oxygen atoms in total. The van der Waals surface area contributed by atoms with E-state index in [4.69, 9.17) is 0 Å². The molecule has 26 heavy (non-hydrogen) atoms. The van der Waals surface area contributed by atoms with Gasteiger partial charge in [0.05, 0.1) is 0 Å². The minimum absolute atomic E-state index is 0.123. The second-order valence-electron chi connectivity index (χ2n) is 8.54. The van der Waals surface area contributed by atoms with Crippen LogP contribution < -0.4 is 5.32 Å². The molecule has 4 heteroatoms. The van der Waals surface area contributed by atoms with Gasteiger partial charge in [-0.1, -0.05) is 37.6 Å². The molecule has 3 heterocycles. The van der Waals surface area contributed by atoms with Crippen LogP contribution in [0, 0.1) is 5.92 Å². The van der Waals surface area contributed by atoms with Gasteiger partial charge in [0.1, 0.15) is 0 Å². The number of rotatable bonds is 3. The van der Waals surface area contributed by atoms with Crippen molar-refractivity contribution >= 4 is 5.91 Å². The summed E-state index contributed by atoms with van der Waals surface area (Å²) in [6, 6.07) is 8.80. The molecule has 1 N–H and O–H groups in total. The monoisotopic (exact) mass is 355 g/mol. The molecular weight excluding hydrogens is 322 g/mol. The zero-order valence-electron chi connectivity index (χ0n) is 16.2. The van der Waals surface area contributed by atoms with Crippen molar-refractivity contribution in [2.45, 2.75) is 57.5 Å². The molecule has 0 aliphatic carbocycles. The van der Waals surface area contributed by atoms with Gasteiger partial charge in [0.2, 0.25) is 5.91 Å². The Hall–Kier alpha value is -1.39. The number of nitrogens with one attached hydrogen (secondary N) is 1. The third-order valence-corrected chi connectivity index (χ3v) is 6.77. The van der Waals surface area contributed by atoms with Crippen LogP contribution in [0.25, 0.3) is 0 Å². The fourth-order valence-corrected chi connectivity index (χ4v) is 5.31. The maximum absolute atomic E-state index is 12.7. The van der Waals surface area contributed by atoms with Gasteiger partial charge in [-0.15, -0.1) is 0 Å². The molecule has 3 aliphatic rings. The van der Waals surface area contributed by atoms with E-state index < -0.39 is 0 Å². The van der Waals surface area contributed by atoms with E-state index >= 15 is 0 Å². The Morgan fingerprint density at radius 3 is 2.88 bits per heavy atom. The zero-order valence-corrected chi connectivity index (χ0v) is 16.2. The first kappa shape index (κ1) is 18.0. The third kappa shape index (κ3) is 3.54. The highest BCUT2D eigenvalue weighted by atomic mass is 16.2. The SMILES string of the molecule is CCC(=O)N1Cc2ccccc2CC2(CCCCN2CC2CCNC2)C1. The van der Waals surface area contributed by atoms with Crippen molar-refractivity contribution in [3.63, 3.8) is 0 Å². The van der Waals surface area contributed by atoms with Crippen molar-refractivity contribution in [3.05, 3.63) is 35.4 Å². The van der Waals surface area contributed by atoms with Crippen molar-refractivity contribution < 1.29 is 4.79 Å². The number of carbonyl (C=O) groups is 1. The minimum Gasteiger partial charge on any atom is -0.337 e. The summed E-state index contributed by atoms with van der Waals surface area (Å²) in [6.45, 7) is 8.36. The molecule has 142 valence electrons. The van der Waals surface area contributed by atoms with Crippen LogP contribution in [0.2, 0.25) is 0 Å². The normalized spacial score (nSPS) is 29.6. The van der Waals surface area contributed by atoms with Crippen LogP contribution in [0.15, 0.2) is 24.3 Å². The van der Waals surface area contributed by atoms with Crippen molar-refractivity contribution in [2.24, 2.45) is 5.92 Å². The Morgan fingerprint density at radius 2 is 2.12 bits per heavy atom. The van der Waals surface area contributed by atoms with E-state index in [1.807, 2.05) is 6.92 Å². The van der Waals surface area contributed by atoms with Gasteiger partial charge in [-0.25, -0.2) is 0 Å². The second-order valence-corrected chi connectivity index (χ2v) is 8.54. The maximum atomic E-state index is 12.7. The van der Waals surface area contributed by atoms with Gasteiger partial charge >= 0.3 is 0 Å². The molecule has 0 radical (unpaired) electrons. The van der Waals surface area contributed by atoms with Crippen LogP contribution in [0.1, 0.15) is 50.2 Å². The summed E-state index contributed by atoms with van der Waals surface area (Å²) >= 11 is 0. The summed E-state index contributed by atoms with van der Waals surface area (Å²) in [4.78, 5) is 17.6. The summed E-state index contributed by atoms with van der Waals surface area (Å²) in [5, 5.41) is 3.53. The number of hydrogen-bond donors (Lipinski definition) is 1. The van der Waals surface area contributed by atoms with Crippen LogP contribution in [-0.4, -0.2) is 54.0 Å². The fourth-order valence-electron chi connectivity index (χ4n) is 5.31. The number of carbonyl (C=O) groups excluding carboxylic acids is 1. The molecule has 2 saturated heterocycles. The Morgan fingerprint density at radius 1 is 1.27 bits per heavy atom. The number of fused-ring (bicyclic) bond motifs is 1. The van der Waals surface area contributed by atoms with Crippen LogP contribution >= 0.6 is 0 Å². The molecule has 2 unspecified atom stereocenters. The second kappa shape index (κ2) is 7.69. The Bertz CT molecular complexity index is 640. The summed E-state index contributed by atoms with van der Waals surface area (Å²) in [6.07, 6.45) is 6.79. The summed E-state index contributed by atoms with van der Waals surface area (Å²) < 4.78 is 0. The highest BCUT2D eigenvalue weighted by Crippen LogP contribution is 2.37. The molecule has 0 bridgehead atoms. The molecule has 0 aromatic heterocycles. The highest BCUT2D eigenvalue weighted by Gasteiger charge is 2.43. The van der Waals surface area contributed by atoms with Crippen molar-refractivity contribution in [3.8, 4) is 0 Å². The van der Waals surface area contributed by atoms with Gasteiger partial charge in [-0.2, -0.15) is 0 Å². The van der Waals surface area contributed by atoms with Gasteiger partial charge in [0.15, 0.2) is 0 Å². The summed E-state index contributed by atoms with van der Waals surface area (Å²) in [5.41, 5.74) is 2.92. The number of amides is 1. The van der Waals surface area contributed by atoms with Gasteiger partial charge in [0, 0.05) is 31.6 Å². The smallest absolute Gasteiger partial charge is 0.222 e. The number of piperidine rings is 1. The molecule has 1 aromatic carbocycles. The number of hydrogen-bond acceptors (Lipinski definition) is 3. The number of benzene rings is 1. The van der Waals surface area contributed by atoms with Crippen molar-refractivity contribution in [2.75, 3.05) is 32.7 Å². The Kier molecular flexibility index (Phi) is 5.32. The van der Waals surface area contributed by atoms with E-state index in [9.17, 15) is 4.79 Å². The summed E-state index contributed by atoms with van der Waals surface area (Å²) in [5.74, 6) is 1.06. The first-order chi connectivity index (χ1) is 12.7. The lowest BCUT2D eigenvalue weighted by Gasteiger charge is -2.49. The first-order valence-electron chi connectivity index (χ1n) is 10.5. The third-order valence-electron chi connectivity index (χ3n) is 6.77. The quantitative estimate of drug-likeness (QED) is 0.906. The summed E-state index contributed by atoms with van der Waals surface area (Å²) in [7, 11) is 0. The molecule has 0 saturated carbocycles. The van der Waals surface area contributed by atoms with Gasteiger partial charge in [0.25, 0.3) is 0 Å². The van der Waals surface area contributed by atoms with Crippen LogP contribution in [0.4, 0.5) is 0 Å². The predicted octanol–water partition coefficient (Wildman–Crippen LogP) is 2.82. The molecule has 3 aliphatic heterocycles. The fraction of sp³-hybridized carbons (Fsp3) is 0.682. The average molecular weight is 356 g/mol. The van der Waals surface area contributed by atoms with Crippen LogP contribution in [0.3, 0.4) is 0 Å². The zero-order chi connectivity index (χ0) is 18.0. The lowest BCUT2D eigenvalue weighted by atomic mass is 9.80. The molecule has 1 aromatic rings. The Labute approximate surface area is 157 Å². The van der Waals surface area contributed by atoms with E-state index in [0.717, 1.165) is 38.5 Å². The lowest BCUT2D eigenvalue weighted by Crippen LogP contribution is -2.60. The minimum atomic E-state index is 0.123.